The normalized spacial score (nSPS) is 10.7. The summed E-state index contributed by atoms with van der Waals surface area (Å²) in [7, 11) is 0. The highest BCUT2D eigenvalue weighted by Crippen LogP contribution is 2.38. The van der Waals surface area contributed by atoms with Gasteiger partial charge in [-0.1, -0.05) is 72.8 Å². The van der Waals surface area contributed by atoms with Crippen molar-refractivity contribution < 1.29 is 0 Å². The molecule has 0 radical (unpaired) electrons. The van der Waals surface area contributed by atoms with Crippen LogP contribution in [0.2, 0.25) is 0 Å². The number of nitrogens with zero attached hydrogens (tertiary/aromatic N) is 7. The fourth-order valence-electron chi connectivity index (χ4n) is 5.30. The molecule has 2 heterocycles. The fraction of sp³-hybridized carbons (Fsp3) is 0. The summed E-state index contributed by atoms with van der Waals surface area (Å²) in [6, 6.07) is 38.3. The van der Waals surface area contributed by atoms with Gasteiger partial charge in [-0.25, -0.2) is 24.6 Å². The monoisotopic (exact) mass is 549 g/mol. The lowest BCUT2D eigenvalue weighted by atomic mass is 10.1. The van der Waals surface area contributed by atoms with Crippen LogP contribution in [0.4, 0.5) is 11.4 Å². The molecule has 2 aromatic heterocycles. The predicted molar refractivity (Wildman–Crippen MR) is 168 cm³/mol. The molecule has 5 aromatic carbocycles. The third-order valence-corrected chi connectivity index (χ3v) is 7.31. The lowest BCUT2D eigenvalue weighted by molar-refractivity contribution is 1.07. The number of fused-ring (bicyclic) bond motifs is 3. The zero-order valence-electron chi connectivity index (χ0n) is 22.6. The summed E-state index contributed by atoms with van der Waals surface area (Å²) >= 11 is 0. The van der Waals surface area contributed by atoms with Crippen molar-refractivity contribution in [1.29, 1.82) is 5.26 Å². The summed E-state index contributed by atoms with van der Waals surface area (Å²) in [5.41, 5.74) is 6.27. The van der Waals surface area contributed by atoms with E-state index < -0.39 is 0 Å². The topological polar surface area (TPSA) is 76.1 Å². The van der Waals surface area contributed by atoms with E-state index in [4.69, 9.17) is 28.1 Å². The van der Waals surface area contributed by atoms with Gasteiger partial charge in [0, 0.05) is 27.8 Å². The van der Waals surface area contributed by atoms with Gasteiger partial charge in [-0.2, -0.15) is 5.26 Å². The van der Waals surface area contributed by atoms with E-state index in [1.54, 1.807) is 12.1 Å². The fourth-order valence-corrected chi connectivity index (χ4v) is 5.30. The molecule has 0 aliphatic rings. The number of nitriles is 1. The van der Waals surface area contributed by atoms with E-state index in [2.05, 4.69) is 20.3 Å². The van der Waals surface area contributed by atoms with Gasteiger partial charge in [0.1, 0.15) is 0 Å². The average Bonchev–Trinajstić information content (AvgIpc) is 3.41. The highest BCUT2D eigenvalue weighted by molar-refractivity contribution is 6.10. The summed E-state index contributed by atoms with van der Waals surface area (Å²) in [6.45, 7) is 15.6. The van der Waals surface area contributed by atoms with Crippen molar-refractivity contribution in [3.8, 4) is 45.9 Å². The van der Waals surface area contributed by atoms with Crippen LogP contribution in [0.1, 0.15) is 5.56 Å². The number of hydrogen-bond acceptors (Lipinski definition) is 4. The molecule has 0 aliphatic heterocycles. The second kappa shape index (κ2) is 10.4. The molecule has 0 unspecified atom stereocenters. The molecule has 0 saturated heterocycles. The third kappa shape index (κ3) is 4.43. The van der Waals surface area contributed by atoms with Crippen molar-refractivity contribution in [2.45, 2.75) is 0 Å². The van der Waals surface area contributed by atoms with Crippen LogP contribution in [0.5, 0.6) is 0 Å². The molecule has 198 valence electrons. The highest BCUT2D eigenvalue weighted by atomic mass is 15.0. The average molecular weight is 550 g/mol. The second-order valence-corrected chi connectivity index (χ2v) is 9.84. The Balaban J connectivity index is 1.44. The molecule has 7 rings (SSSR count). The van der Waals surface area contributed by atoms with Crippen molar-refractivity contribution >= 4 is 33.2 Å². The Kier molecular flexibility index (Phi) is 6.14. The molecule has 0 spiro atoms. The van der Waals surface area contributed by atoms with Crippen LogP contribution in [0, 0.1) is 24.5 Å². The molecule has 7 heteroatoms. The summed E-state index contributed by atoms with van der Waals surface area (Å²) < 4.78 is 2.05. The van der Waals surface area contributed by atoms with Gasteiger partial charge in [0.2, 0.25) is 0 Å². The molecule has 0 atom stereocenters. The maximum absolute atomic E-state index is 9.53. The van der Waals surface area contributed by atoms with Crippen LogP contribution in [0.25, 0.3) is 71.3 Å². The Morgan fingerprint density at radius 1 is 0.605 bits per heavy atom. The van der Waals surface area contributed by atoms with Crippen molar-refractivity contribution in [3.05, 3.63) is 144 Å². The van der Waals surface area contributed by atoms with E-state index >= 15 is 0 Å². The molecular formula is C36H19N7. The van der Waals surface area contributed by atoms with Crippen LogP contribution in [0.3, 0.4) is 0 Å². The van der Waals surface area contributed by atoms with Gasteiger partial charge in [-0.05, 0) is 47.9 Å². The first kappa shape index (κ1) is 25.4. The van der Waals surface area contributed by atoms with E-state index in [1.807, 2.05) is 103 Å². The van der Waals surface area contributed by atoms with E-state index in [9.17, 15) is 5.26 Å². The van der Waals surface area contributed by atoms with Gasteiger partial charge in [-0.3, -0.25) is 0 Å². The van der Waals surface area contributed by atoms with Crippen molar-refractivity contribution in [2.75, 3.05) is 0 Å². The van der Waals surface area contributed by atoms with Crippen LogP contribution in [0.15, 0.2) is 115 Å². The summed E-state index contributed by atoms with van der Waals surface area (Å²) in [5, 5.41) is 11.3. The van der Waals surface area contributed by atoms with Gasteiger partial charge in [0.15, 0.2) is 28.8 Å². The summed E-state index contributed by atoms with van der Waals surface area (Å²) in [4.78, 5) is 21.9. The first-order valence-electron chi connectivity index (χ1n) is 13.4. The Bertz CT molecular complexity index is 2190. The number of hydrogen-bond donors (Lipinski definition) is 0. The molecule has 0 aliphatic carbocycles. The Morgan fingerprint density at radius 2 is 1.21 bits per heavy atom. The lowest BCUT2D eigenvalue weighted by Gasteiger charge is -2.12. The molecular weight excluding hydrogens is 530 g/mol. The van der Waals surface area contributed by atoms with Crippen LogP contribution in [-0.4, -0.2) is 19.5 Å². The molecule has 0 bridgehead atoms. The first-order chi connectivity index (χ1) is 21.2. The Hall–Kier alpha value is -6.62. The zero-order valence-corrected chi connectivity index (χ0v) is 22.6. The van der Waals surface area contributed by atoms with Crippen LogP contribution < -0.4 is 0 Å². The molecule has 7 nitrogen and oxygen atoms in total. The van der Waals surface area contributed by atoms with E-state index in [0.29, 0.717) is 40.0 Å². The van der Waals surface area contributed by atoms with Gasteiger partial charge < -0.3 is 4.57 Å². The molecule has 43 heavy (non-hydrogen) atoms. The smallest absolute Gasteiger partial charge is 0.200 e. The third-order valence-electron chi connectivity index (χ3n) is 7.31. The minimum Gasteiger partial charge on any atom is -0.311 e. The molecule has 0 N–H and O–H groups in total. The van der Waals surface area contributed by atoms with E-state index in [0.717, 1.165) is 38.6 Å². The minimum absolute atomic E-state index is 0.392. The second-order valence-electron chi connectivity index (χ2n) is 9.84. The maximum atomic E-state index is 9.53. The summed E-state index contributed by atoms with van der Waals surface area (Å²) in [5.74, 6) is 1.46. The van der Waals surface area contributed by atoms with E-state index in [1.165, 1.54) is 0 Å². The number of benzene rings is 5. The van der Waals surface area contributed by atoms with Gasteiger partial charge in [0.25, 0.3) is 0 Å². The van der Waals surface area contributed by atoms with Crippen molar-refractivity contribution in [1.82, 2.24) is 19.5 Å². The molecule has 0 fully saturated rings. The largest absolute Gasteiger partial charge is 0.311 e. The molecule has 0 saturated carbocycles. The SMILES string of the molecule is [C-]#[N+]c1ccc2c(c1)c1cc(C#N)ccc1n2-c1ccc(-c2nc(-c3ccccc3)nc(-c3ccccc3)n2)c([N+]#[C-])c1. The predicted octanol–water partition coefficient (Wildman–Crippen LogP) is 8.94. The Labute approximate surface area is 247 Å². The minimum atomic E-state index is 0.392. The number of aromatic nitrogens is 4. The zero-order chi connectivity index (χ0) is 29.3. The van der Waals surface area contributed by atoms with Gasteiger partial charge >= 0.3 is 0 Å². The van der Waals surface area contributed by atoms with Crippen LogP contribution >= 0.6 is 0 Å². The van der Waals surface area contributed by atoms with Gasteiger partial charge in [0.05, 0.1) is 35.8 Å². The first-order valence-corrected chi connectivity index (χ1v) is 13.4. The standard InChI is InChI=1S/C36H19N7/c1-38-26-14-18-33-30(20-26)29-19-23(22-37)13-17-32(29)43(33)27-15-16-28(31(21-27)39-2)36-41-34(24-9-5-3-6-10-24)40-35(42-36)25-11-7-4-8-12-25/h3-21H. The highest BCUT2D eigenvalue weighted by Gasteiger charge is 2.18. The molecule has 7 aromatic rings. The van der Waals surface area contributed by atoms with Crippen molar-refractivity contribution in [2.24, 2.45) is 0 Å². The quantitative estimate of drug-likeness (QED) is 0.205. The molecule has 0 amide bonds. The summed E-state index contributed by atoms with van der Waals surface area (Å²) in [6.07, 6.45) is 0. The van der Waals surface area contributed by atoms with Gasteiger partial charge in [-0.15, -0.1) is 0 Å². The van der Waals surface area contributed by atoms with Crippen LogP contribution in [-0.2, 0) is 0 Å². The van der Waals surface area contributed by atoms with E-state index in [-0.39, 0.29) is 0 Å². The van der Waals surface area contributed by atoms with Crippen molar-refractivity contribution in [3.63, 3.8) is 0 Å². The lowest BCUT2D eigenvalue weighted by Crippen LogP contribution is -2.01. The number of rotatable bonds is 4. The maximum Gasteiger partial charge on any atom is 0.200 e. The Morgan fingerprint density at radius 3 is 1.81 bits per heavy atom.